The summed E-state index contributed by atoms with van der Waals surface area (Å²) in [6.45, 7) is 2.42. The van der Waals surface area contributed by atoms with Crippen LogP contribution in [0.5, 0.6) is 5.75 Å². The van der Waals surface area contributed by atoms with E-state index < -0.39 is 5.92 Å². The smallest absolute Gasteiger partial charge is 0.231 e. The molecule has 2 atom stereocenters. The van der Waals surface area contributed by atoms with Crippen LogP contribution in [-0.4, -0.2) is 11.7 Å². The average molecular weight is 399 g/mol. The Morgan fingerprint density at radius 1 is 1.03 bits per heavy atom. The molecule has 0 saturated heterocycles. The zero-order chi connectivity index (χ0) is 20.9. The van der Waals surface area contributed by atoms with Crippen molar-refractivity contribution in [2.24, 2.45) is 5.92 Å². The Morgan fingerprint density at radius 3 is 2.47 bits per heavy atom. The molecule has 0 aliphatic heterocycles. The summed E-state index contributed by atoms with van der Waals surface area (Å²) in [6.07, 6.45) is 1.20. The van der Waals surface area contributed by atoms with E-state index in [9.17, 15) is 9.59 Å². The monoisotopic (exact) mass is 399 g/mol. The maximum Gasteiger partial charge on any atom is 0.231 e. The summed E-state index contributed by atoms with van der Waals surface area (Å²) in [5.74, 6) is -0.208. The number of ketones is 1. The topological polar surface area (TPSA) is 55.4 Å². The van der Waals surface area contributed by atoms with E-state index in [1.54, 1.807) is 6.07 Å². The van der Waals surface area contributed by atoms with E-state index in [1.165, 1.54) is 0 Å². The van der Waals surface area contributed by atoms with Crippen molar-refractivity contribution in [3.05, 3.63) is 101 Å². The third-order valence-corrected chi connectivity index (χ3v) is 5.58. The second-order valence-electron chi connectivity index (χ2n) is 7.69. The van der Waals surface area contributed by atoms with Gasteiger partial charge in [0, 0.05) is 5.56 Å². The van der Waals surface area contributed by atoms with Crippen molar-refractivity contribution in [3.8, 4) is 5.75 Å². The van der Waals surface area contributed by atoms with Crippen LogP contribution in [0.2, 0.25) is 0 Å². The predicted molar refractivity (Wildman–Crippen MR) is 116 cm³/mol. The summed E-state index contributed by atoms with van der Waals surface area (Å²) < 4.78 is 5.88. The van der Waals surface area contributed by atoms with Crippen LogP contribution in [-0.2, 0) is 17.8 Å². The van der Waals surface area contributed by atoms with E-state index in [-0.39, 0.29) is 17.7 Å². The highest BCUT2D eigenvalue weighted by Crippen LogP contribution is 2.29. The minimum absolute atomic E-state index is 0.108. The van der Waals surface area contributed by atoms with Crippen LogP contribution in [0.3, 0.4) is 0 Å². The number of nitrogens with one attached hydrogen (secondary N) is 1. The number of rotatable bonds is 6. The van der Waals surface area contributed by atoms with Gasteiger partial charge >= 0.3 is 0 Å². The first kappa shape index (κ1) is 19.9. The van der Waals surface area contributed by atoms with Crippen LogP contribution in [0.25, 0.3) is 0 Å². The second kappa shape index (κ2) is 8.95. The van der Waals surface area contributed by atoms with E-state index in [4.69, 9.17) is 4.74 Å². The Bertz CT molecular complexity index is 1030. The third kappa shape index (κ3) is 4.43. The number of Topliss-reactive ketones (excluding diaryl/α,β-unsaturated/α-hetero) is 1. The second-order valence-corrected chi connectivity index (χ2v) is 7.69. The lowest BCUT2D eigenvalue weighted by molar-refractivity contribution is -0.124. The summed E-state index contributed by atoms with van der Waals surface area (Å²) in [4.78, 5) is 25.7. The van der Waals surface area contributed by atoms with Crippen molar-refractivity contribution < 1.29 is 14.3 Å². The molecule has 1 unspecified atom stereocenters. The van der Waals surface area contributed by atoms with E-state index in [2.05, 4.69) is 5.32 Å². The van der Waals surface area contributed by atoms with Gasteiger partial charge in [0.1, 0.15) is 18.3 Å². The molecule has 1 amide bonds. The number of hydrogen-bond donors (Lipinski definition) is 1. The highest BCUT2D eigenvalue weighted by molar-refractivity contribution is 6.11. The molecule has 0 radical (unpaired) electrons. The summed E-state index contributed by atoms with van der Waals surface area (Å²) >= 11 is 0. The molecule has 4 heteroatoms. The maximum absolute atomic E-state index is 13.0. The Morgan fingerprint density at radius 2 is 1.73 bits per heavy atom. The van der Waals surface area contributed by atoms with Crippen molar-refractivity contribution in [2.45, 2.75) is 32.4 Å². The number of ether oxygens (including phenoxy) is 1. The molecule has 0 saturated carbocycles. The van der Waals surface area contributed by atoms with E-state index in [0.717, 1.165) is 22.4 Å². The quantitative estimate of drug-likeness (QED) is 0.601. The number of carbonyl (C=O) groups excluding carboxylic acids is 2. The number of carbonyl (C=O) groups is 2. The number of aryl methyl sites for hydroxylation is 1. The fraction of sp³-hybridized carbons (Fsp3) is 0.231. The van der Waals surface area contributed by atoms with Crippen LogP contribution in [0.15, 0.2) is 78.9 Å². The molecule has 30 heavy (non-hydrogen) atoms. The lowest BCUT2D eigenvalue weighted by atomic mass is 9.82. The van der Waals surface area contributed by atoms with Crippen LogP contribution in [0, 0.1) is 5.92 Å². The fourth-order valence-electron chi connectivity index (χ4n) is 3.86. The Kier molecular flexibility index (Phi) is 5.94. The number of amides is 1. The van der Waals surface area contributed by atoms with Gasteiger partial charge in [0.05, 0.1) is 6.04 Å². The Hall–Kier alpha value is -3.40. The minimum atomic E-state index is -0.639. The Balaban J connectivity index is 1.41. The summed E-state index contributed by atoms with van der Waals surface area (Å²) in [5.41, 5.74) is 3.69. The molecule has 0 aromatic heterocycles. The first-order valence-corrected chi connectivity index (χ1v) is 10.3. The van der Waals surface area contributed by atoms with Gasteiger partial charge in [-0.25, -0.2) is 0 Å². The van der Waals surface area contributed by atoms with Crippen molar-refractivity contribution in [1.82, 2.24) is 5.32 Å². The van der Waals surface area contributed by atoms with Crippen LogP contribution >= 0.6 is 0 Å². The number of fused-ring (bicyclic) bond motifs is 1. The van der Waals surface area contributed by atoms with Gasteiger partial charge < -0.3 is 10.1 Å². The highest BCUT2D eigenvalue weighted by Gasteiger charge is 2.33. The van der Waals surface area contributed by atoms with Gasteiger partial charge in [-0.15, -0.1) is 0 Å². The van der Waals surface area contributed by atoms with Gasteiger partial charge in [-0.05, 0) is 54.7 Å². The third-order valence-electron chi connectivity index (χ3n) is 5.58. The van der Waals surface area contributed by atoms with Gasteiger partial charge in [-0.3, -0.25) is 9.59 Å². The molecular formula is C26H25NO3. The molecule has 0 spiro atoms. The number of benzene rings is 3. The van der Waals surface area contributed by atoms with Crippen molar-refractivity contribution in [2.75, 3.05) is 0 Å². The van der Waals surface area contributed by atoms with Crippen molar-refractivity contribution in [1.29, 1.82) is 0 Å². The molecule has 3 aromatic carbocycles. The molecule has 1 N–H and O–H groups in total. The zero-order valence-corrected chi connectivity index (χ0v) is 17.0. The lowest BCUT2D eigenvalue weighted by Gasteiger charge is -2.25. The molecule has 3 aromatic rings. The molecule has 0 fully saturated rings. The van der Waals surface area contributed by atoms with Crippen LogP contribution in [0.4, 0.5) is 0 Å². The zero-order valence-electron chi connectivity index (χ0n) is 17.0. The molecule has 0 bridgehead atoms. The molecule has 0 heterocycles. The van der Waals surface area contributed by atoms with Gasteiger partial charge in [0.2, 0.25) is 5.91 Å². The highest BCUT2D eigenvalue weighted by atomic mass is 16.5. The molecule has 1 aliphatic carbocycles. The van der Waals surface area contributed by atoms with Gasteiger partial charge in [0.25, 0.3) is 0 Å². The SMILES string of the molecule is C[C@@H](NC(=O)C1CCc2cc(OCc3ccccc3)ccc2C1=O)c1ccccc1. The first-order valence-electron chi connectivity index (χ1n) is 10.3. The van der Waals surface area contributed by atoms with E-state index in [1.807, 2.05) is 79.7 Å². The van der Waals surface area contributed by atoms with Gasteiger partial charge in [0.15, 0.2) is 5.78 Å². The van der Waals surface area contributed by atoms with Gasteiger partial charge in [-0.1, -0.05) is 60.7 Å². The summed E-state index contributed by atoms with van der Waals surface area (Å²) in [5, 5.41) is 2.99. The largest absolute Gasteiger partial charge is 0.489 e. The van der Waals surface area contributed by atoms with Crippen molar-refractivity contribution in [3.63, 3.8) is 0 Å². The van der Waals surface area contributed by atoms with E-state index >= 15 is 0 Å². The molecule has 1 aliphatic rings. The Labute approximate surface area is 176 Å². The van der Waals surface area contributed by atoms with Crippen LogP contribution < -0.4 is 10.1 Å². The average Bonchev–Trinajstić information content (AvgIpc) is 2.79. The number of hydrogen-bond acceptors (Lipinski definition) is 3. The van der Waals surface area contributed by atoms with Crippen molar-refractivity contribution >= 4 is 11.7 Å². The van der Waals surface area contributed by atoms with Gasteiger partial charge in [-0.2, -0.15) is 0 Å². The summed E-state index contributed by atoms with van der Waals surface area (Å²) in [7, 11) is 0. The van der Waals surface area contributed by atoms with E-state index in [0.29, 0.717) is 25.0 Å². The first-order chi connectivity index (χ1) is 14.6. The molecule has 4 nitrogen and oxygen atoms in total. The normalized spacial score (nSPS) is 16.4. The maximum atomic E-state index is 13.0. The lowest BCUT2D eigenvalue weighted by Crippen LogP contribution is -2.39. The summed E-state index contributed by atoms with van der Waals surface area (Å²) in [6, 6.07) is 25.1. The molecule has 152 valence electrons. The van der Waals surface area contributed by atoms with Crippen LogP contribution in [0.1, 0.15) is 46.4 Å². The molecule has 4 rings (SSSR count). The predicted octanol–water partition coefficient (Wildman–Crippen LogP) is 4.89. The fourth-order valence-corrected chi connectivity index (χ4v) is 3.86. The minimum Gasteiger partial charge on any atom is -0.489 e. The molecular weight excluding hydrogens is 374 g/mol. The standard InChI is InChI=1S/C26H25NO3/c1-18(20-10-6-3-7-11-20)27-26(29)24-14-12-21-16-22(13-15-23(21)25(24)28)30-17-19-8-4-2-5-9-19/h2-11,13,15-16,18,24H,12,14,17H2,1H3,(H,27,29)/t18-,24?/m1/s1.